The van der Waals surface area contributed by atoms with Gasteiger partial charge in [-0.1, -0.05) is 17.7 Å². The molecule has 2 aromatic carbocycles. The molecule has 0 saturated heterocycles. The number of carbonyl (C=O) groups is 2. The van der Waals surface area contributed by atoms with Crippen molar-refractivity contribution in [3.63, 3.8) is 0 Å². The fraction of sp³-hybridized carbons (Fsp3) is 0.227. The number of carbonyl (C=O) groups excluding carboxylic acids is 1. The number of carboxylic acids is 1. The summed E-state index contributed by atoms with van der Waals surface area (Å²) in [5.74, 6) is -3.47. The van der Waals surface area contributed by atoms with Gasteiger partial charge in [-0.2, -0.15) is 18.3 Å². The number of para-hydroxylation sites is 1. The fourth-order valence-electron chi connectivity index (χ4n) is 3.15. The molecule has 0 saturated carbocycles. The van der Waals surface area contributed by atoms with Crippen molar-refractivity contribution >= 4 is 29.2 Å². The molecule has 1 aliphatic rings. The lowest BCUT2D eigenvalue weighted by atomic mass is 10.1. The first-order valence-corrected chi connectivity index (χ1v) is 10.8. The average molecular weight is 565 g/mol. The van der Waals surface area contributed by atoms with E-state index in [1.807, 2.05) is 0 Å². The summed E-state index contributed by atoms with van der Waals surface area (Å²) < 4.78 is 74.7. The maximum atomic E-state index is 13.4. The molecular weight excluding hydrogens is 547 g/mol. The van der Waals surface area contributed by atoms with Gasteiger partial charge in [-0.05, 0) is 30.3 Å². The van der Waals surface area contributed by atoms with Gasteiger partial charge in [-0.3, -0.25) is 9.48 Å². The standard InChI is InChI=1S/C20H17ClF2N4O4.C2HF3O2/c1-27-17(14(21)10-25-27)13-9-11(5-6-15(13)29-8-7-24)26-19(28)12-3-2-4-16-18(12)31-20(22,23)30-16;3-2(4,5)1(6)7/h2-6,9-10H,7-8,24H2,1H3,(H,26,28);(H,6,7). The van der Waals surface area contributed by atoms with E-state index in [-0.39, 0.29) is 23.7 Å². The van der Waals surface area contributed by atoms with Crippen LogP contribution in [-0.2, 0) is 11.8 Å². The normalized spacial score (nSPS) is 13.4. The Morgan fingerprint density at radius 1 is 1.24 bits per heavy atom. The highest BCUT2D eigenvalue weighted by Crippen LogP contribution is 2.43. The van der Waals surface area contributed by atoms with Gasteiger partial charge in [-0.15, -0.1) is 8.78 Å². The van der Waals surface area contributed by atoms with Crippen molar-refractivity contribution in [2.75, 3.05) is 18.5 Å². The molecule has 1 amide bonds. The molecule has 1 aromatic heterocycles. The highest BCUT2D eigenvalue weighted by molar-refractivity contribution is 6.33. The number of halogens is 6. The van der Waals surface area contributed by atoms with Gasteiger partial charge >= 0.3 is 18.4 Å². The van der Waals surface area contributed by atoms with Gasteiger partial charge in [0.2, 0.25) is 0 Å². The molecule has 4 rings (SSSR count). The maximum absolute atomic E-state index is 13.4. The smallest absolute Gasteiger partial charge is 0.492 e. The van der Waals surface area contributed by atoms with Crippen LogP contribution in [0.5, 0.6) is 17.2 Å². The Balaban J connectivity index is 0.000000505. The number of hydrogen-bond acceptors (Lipinski definition) is 7. The molecule has 0 unspecified atom stereocenters. The third-order valence-electron chi connectivity index (χ3n) is 4.68. The Kier molecular flexibility index (Phi) is 8.31. The zero-order valence-electron chi connectivity index (χ0n) is 19.2. The number of aliphatic carboxylic acids is 1. The number of rotatable bonds is 6. The number of nitrogens with one attached hydrogen (secondary N) is 1. The summed E-state index contributed by atoms with van der Waals surface area (Å²) in [4.78, 5) is 21.7. The van der Waals surface area contributed by atoms with Crippen LogP contribution < -0.4 is 25.3 Å². The summed E-state index contributed by atoms with van der Waals surface area (Å²) in [7, 11) is 1.71. The van der Waals surface area contributed by atoms with Crippen molar-refractivity contribution in [2.24, 2.45) is 12.8 Å². The number of benzene rings is 2. The SMILES string of the molecule is Cn1ncc(Cl)c1-c1cc(NC(=O)c2cccc3c2OC(F)(F)O3)ccc1OCCN.O=C(O)C(F)(F)F. The minimum Gasteiger partial charge on any atom is -0.492 e. The Hall–Kier alpha value is -4.11. The molecule has 0 bridgehead atoms. The van der Waals surface area contributed by atoms with E-state index in [2.05, 4.69) is 19.9 Å². The van der Waals surface area contributed by atoms with E-state index < -0.39 is 24.3 Å². The van der Waals surface area contributed by atoms with Crippen molar-refractivity contribution < 1.29 is 50.9 Å². The number of ether oxygens (including phenoxy) is 3. The van der Waals surface area contributed by atoms with E-state index >= 15 is 0 Å². The van der Waals surface area contributed by atoms with Gasteiger partial charge in [0.25, 0.3) is 5.91 Å². The van der Waals surface area contributed by atoms with E-state index in [1.54, 1.807) is 29.9 Å². The molecule has 4 N–H and O–H groups in total. The number of carboxylic acid groups (broad SMARTS) is 1. The summed E-state index contributed by atoms with van der Waals surface area (Å²) in [6.07, 6.45) is -7.43. The van der Waals surface area contributed by atoms with E-state index in [1.165, 1.54) is 24.4 Å². The summed E-state index contributed by atoms with van der Waals surface area (Å²) in [6, 6.07) is 8.96. The zero-order valence-corrected chi connectivity index (χ0v) is 19.9. The van der Waals surface area contributed by atoms with Gasteiger partial charge in [-0.25, -0.2) is 4.79 Å². The minimum atomic E-state index is -5.08. The van der Waals surface area contributed by atoms with Gasteiger partial charge in [0, 0.05) is 24.8 Å². The van der Waals surface area contributed by atoms with Gasteiger partial charge in [0.1, 0.15) is 12.4 Å². The first kappa shape index (κ1) is 28.5. The second-order valence-corrected chi connectivity index (χ2v) is 7.78. The maximum Gasteiger partial charge on any atom is 0.586 e. The molecular formula is C22H18ClF5N4O6. The molecule has 204 valence electrons. The van der Waals surface area contributed by atoms with E-state index in [4.69, 9.17) is 32.0 Å². The number of aryl methyl sites for hydroxylation is 1. The Bertz CT molecular complexity index is 1330. The van der Waals surface area contributed by atoms with Crippen LogP contribution in [0.15, 0.2) is 42.6 Å². The van der Waals surface area contributed by atoms with Gasteiger partial charge in [0.15, 0.2) is 11.5 Å². The first-order valence-electron chi connectivity index (χ1n) is 10.4. The number of amides is 1. The topological polar surface area (TPSA) is 138 Å². The summed E-state index contributed by atoms with van der Waals surface area (Å²) in [6.45, 7) is 0.582. The van der Waals surface area contributed by atoms with Crippen molar-refractivity contribution in [3.05, 3.63) is 53.2 Å². The third kappa shape index (κ3) is 6.60. The van der Waals surface area contributed by atoms with Gasteiger partial charge in [0.05, 0.1) is 22.5 Å². The average Bonchev–Trinajstić information content (AvgIpc) is 3.33. The summed E-state index contributed by atoms with van der Waals surface area (Å²) >= 11 is 6.28. The number of nitrogens with two attached hydrogens (primary N) is 1. The predicted molar refractivity (Wildman–Crippen MR) is 122 cm³/mol. The molecule has 3 aromatic rings. The number of nitrogens with zero attached hydrogens (tertiary/aromatic N) is 2. The van der Waals surface area contributed by atoms with Crippen LogP contribution in [0.3, 0.4) is 0 Å². The van der Waals surface area contributed by atoms with Crippen LogP contribution in [0.1, 0.15) is 10.4 Å². The molecule has 0 fully saturated rings. The lowest BCUT2D eigenvalue weighted by Crippen LogP contribution is -2.26. The van der Waals surface area contributed by atoms with Crippen LogP contribution in [0.4, 0.5) is 27.6 Å². The molecule has 38 heavy (non-hydrogen) atoms. The number of anilines is 1. The molecule has 2 heterocycles. The molecule has 0 radical (unpaired) electrons. The Morgan fingerprint density at radius 2 is 1.92 bits per heavy atom. The number of fused-ring (bicyclic) bond motifs is 1. The second kappa shape index (κ2) is 11.1. The molecule has 0 aliphatic carbocycles. The third-order valence-corrected chi connectivity index (χ3v) is 4.95. The quantitative estimate of drug-likeness (QED) is 0.377. The molecule has 1 aliphatic heterocycles. The van der Waals surface area contributed by atoms with Crippen LogP contribution in [-0.4, -0.2) is 52.4 Å². The Labute approximate surface area is 215 Å². The van der Waals surface area contributed by atoms with E-state index in [9.17, 15) is 26.7 Å². The van der Waals surface area contributed by atoms with Gasteiger partial charge < -0.3 is 30.4 Å². The lowest BCUT2D eigenvalue weighted by Gasteiger charge is -2.14. The van der Waals surface area contributed by atoms with E-state index in [0.717, 1.165) is 0 Å². The first-order chi connectivity index (χ1) is 17.7. The van der Waals surface area contributed by atoms with Crippen LogP contribution >= 0.6 is 11.6 Å². The van der Waals surface area contributed by atoms with Crippen LogP contribution in [0, 0.1) is 0 Å². The summed E-state index contributed by atoms with van der Waals surface area (Å²) in [5.41, 5.74) is 6.95. The van der Waals surface area contributed by atoms with Crippen molar-refractivity contribution in [3.8, 4) is 28.5 Å². The molecule has 0 atom stereocenters. The largest absolute Gasteiger partial charge is 0.586 e. The predicted octanol–water partition coefficient (Wildman–Crippen LogP) is 4.29. The minimum absolute atomic E-state index is 0.0988. The number of hydrogen-bond donors (Lipinski definition) is 3. The van der Waals surface area contributed by atoms with E-state index in [0.29, 0.717) is 34.3 Å². The van der Waals surface area contributed by atoms with Crippen molar-refractivity contribution in [1.29, 1.82) is 0 Å². The number of alkyl halides is 5. The highest BCUT2D eigenvalue weighted by Gasteiger charge is 2.45. The zero-order chi connectivity index (χ0) is 28.3. The van der Waals surface area contributed by atoms with Crippen LogP contribution in [0.2, 0.25) is 5.02 Å². The fourth-order valence-corrected chi connectivity index (χ4v) is 3.42. The molecule has 0 spiro atoms. The lowest BCUT2D eigenvalue weighted by molar-refractivity contribution is -0.286. The Morgan fingerprint density at radius 3 is 2.50 bits per heavy atom. The monoisotopic (exact) mass is 564 g/mol. The molecule has 16 heteroatoms. The van der Waals surface area contributed by atoms with Crippen molar-refractivity contribution in [2.45, 2.75) is 12.5 Å². The van der Waals surface area contributed by atoms with Crippen LogP contribution in [0.25, 0.3) is 11.3 Å². The highest BCUT2D eigenvalue weighted by atomic mass is 35.5. The van der Waals surface area contributed by atoms with Crippen molar-refractivity contribution in [1.82, 2.24) is 9.78 Å². The summed E-state index contributed by atoms with van der Waals surface area (Å²) in [5, 5.41) is 14.3. The second-order valence-electron chi connectivity index (χ2n) is 7.37. The number of aromatic nitrogens is 2. The molecule has 10 nitrogen and oxygen atoms in total.